The van der Waals surface area contributed by atoms with Crippen LogP contribution in [0.5, 0.6) is 0 Å². The van der Waals surface area contributed by atoms with Gasteiger partial charge < -0.3 is 20.1 Å². The summed E-state index contributed by atoms with van der Waals surface area (Å²) in [6.07, 6.45) is -5.39. The summed E-state index contributed by atoms with van der Waals surface area (Å²) in [6.45, 7) is 1.44. The Kier molecular flexibility index (Phi) is 6.70. The van der Waals surface area contributed by atoms with Crippen molar-refractivity contribution >= 4 is 29.7 Å². The number of nitrogens with one attached hydrogen (secondary N) is 1. The molecule has 1 aromatic heterocycles. The van der Waals surface area contributed by atoms with E-state index in [0.29, 0.717) is 5.56 Å². The molecular weight excluding hydrogens is 497 g/mol. The fourth-order valence-corrected chi connectivity index (χ4v) is 3.75. The number of amides is 2. The number of rotatable bonds is 5. The number of benzene rings is 2. The third-order valence-corrected chi connectivity index (χ3v) is 5.59. The number of halogens is 3. The van der Waals surface area contributed by atoms with Gasteiger partial charge in [-0.15, -0.1) is 5.10 Å². The summed E-state index contributed by atoms with van der Waals surface area (Å²) in [7, 11) is 0. The highest BCUT2D eigenvalue weighted by Crippen LogP contribution is 2.32. The summed E-state index contributed by atoms with van der Waals surface area (Å²) in [5.41, 5.74) is -0.147. The molecule has 0 fully saturated rings. The van der Waals surface area contributed by atoms with Crippen LogP contribution in [0.3, 0.4) is 0 Å². The Morgan fingerprint density at radius 3 is 2.14 bits per heavy atom. The Bertz CT molecular complexity index is 1380. The number of carbonyl (C=O) groups is 4. The summed E-state index contributed by atoms with van der Waals surface area (Å²) in [6, 6.07) is 8.86. The van der Waals surface area contributed by atoms with Gasteiger partial charge in [-0.3, -0.25) is 9.59 Å². The second-order valence-corrected chi connectivity index (χ2v) is 7.96. The minimum Gasteiger partial charge on any atom is -0.478 e. The molecule has 37 heavy (non-hydrogen) atoms. The minimum atomic E-state index is -4.55. The normalized spacial score (nSPS) is 12.7. The van der Waals surface area contributed by atoms with Gasteiger partial charge in [0.25, 0.3) is 11.8 Å². The highest BCUT2D eigenvalue weighted by molar-refractivity contribution is 6.05. The molecule has 192 valence electrons. The maximum atomic E-state index is 13.0. The van der Waals surface area contributed by atoms with Crippen LogP contribution in [-0.2, 0) is 24.0 Å². The van der Waals surface area contributed by atoms with Crippen molar-refractivity contribution in [3.05, 3.63) is 82.0 Å². The van der Waals surface area contributed by atoms with Crippen molar-refractivity contribution in [3.8, 4) is 0 Å². The summed E-state index contributed by atoms with van der Waals surface area (Å²) in [5, 5.41) is 15.7. The first-order valence-electron chi connectivity index (χ1n) is 10.9. The first-order chi connectivity index (χ1) is 17.5. The molecule has 0 saturated heterocycles. The van der Waals surface area contributed by atoms with E-state index in [2.05, 4.69) is 10.4 Å². The molecule has 1 aliphatic rings. The molecule has 0 bridgehead atoms. The van der Waals surface area contributed by atoms with Crippen molar-refractivity contribution in [2.75, 3.05) is 11.9 Å². The molecule has 2 N–H and O–H groups in total. The summed E-state index contributed by atoms with van der Waals surface area (Å²) < 4.78 is 44.5. The van der Waals surface area contributed by atoms with Crippen LogP contribution in [0.4, 0.5) is 23.8 Å². The number of alkyl halides is 3. The molecule has 0 spiro atoms. The number of ether oxygens (including phenoxy) is 1. The number of aromatic nitrogens is 2. The van der Waals surface area contributed by atoms with Crippen LogP contribution in [0.25, 0.3) is 0 Å². The molecule has 2 aromatic carbocycles. The van der Waals surface area contributed by atoms with Gasteiger partial charge in [0.05, 0.1) is 36.5 Å². The van der Waals surface area contributed by atoms with Crippen molar-refractivity contribution in [1.82, 2.24) is 14.7 Å². The van der Waals surface area contributed by atoms with Gasteiger partial charge in [0.1, 0.15) is 0 Å². The van der Waals surface area contributed by atoms with E-state index in [9.17, 15) is 32.3 Å². The van der Waals surface area contributed by atoms with Crippen molar-refractivity contribution in [1.29, 1.82) is 0 Å². The van der Waals surface area contributed by atoms with E-state index in [0.717, 1.165) is 28.9 Å². The Morgan fingerprint density at radius 1 is 0.973 bits per heavy atom. The average molecular weight is 516 g/mol. The predicted octanol–water partition coefficient (Wildman–Crippen LogP) is 4.01. The standard InChI is InChI=1S/C24H19F3N4O6/c1-2-37-23(36)31-18-12-30(21(33)14-7-9-16(10-8-14)24(25,26)27)11-17(18)19(29-31)28-20(32)13-3-5-15(6-4-13)22(34)35/h3-10H,2,11-12H2,1H3,(H,34,35)(H,28,29,32). The zero-order chi connectivity index (χ0) is 26.9. The number of anilines is 1. The summed E-state index contributed by atoms with van der Waals surface area (Å²) in [4.78, 5) is 50.5. The van der Waals surface area contributed by atoms with Gasteiger partial charge in [0, 0.05) is 16.7 Å². The zero-order valence-electron chi connectivity index (χ0n) is 19.2. The van der Waals surface area contributed by atoms with Gasteiger partial charge in [-0.2, -0.15) is 17.9 Å². The van der Waals surface area contributed by atoms with Gasteiger partial charge in [-0.05, 0) is 55.5 Å². The van der Waals surface area contributed by atoms with Crippen molar-refractivity contribution in [2.24, 2.45) is 0 Å². The van der Waals surface area contributed by atoms with Crippen LogP contribution >= 0.6 is 0 Å². The molecule has 10 nitrogen and oxygen atoms in total. The lowest BCUT2D eigenvalue weighted by Gasteiger charge is -2.17. The van der Waals surface area contributed by atoms with Crippen molar-refractivity contribution in [2.45, 2.75) is 26.2 Å². The van der Waals surface area contributed by atoms with Crippen LogP contribution < -0.4 is 5.32 Å². The maximum Gasteiger partial charge on any atom is 0.435 e. The van der Waals surface area contributed by atoms with Crippen molar-refractivity contribution in [3.63, 3.8) is 0 Å². The van der Waals surface area contributed by atoms with E-state index in [4.69, 9.17) is 9.84 Å². The topological polar surface area (TPSA) is 131 Å². The highest BCUT2D eigenvalue weighted by Gasteiger charge is 2.35. The Labute approximate surface area is 207 Å². The number of aromatic carboxylic acids is 1. The number of carbonyl (C=O) groups excluding carboxylic acids is 3. The smallest absolute Gasteiger partial charge is 0.435 e. The van der Waals surface area contributed by atoms with E-state index >= 15 is 0 Å². The molecule has 0 radical (unpaired) electrons. The molecule has 0 unspecified atom stereocenters. The van der Waals surface area contributed by atoms with Gasteiger partial charge in [-0.1, -0.05) is 0 Å². The van der Waals surface area contributed by atoms with E-state index in [1.807, 2.05) is 0 Å². The molecule has 4 rings (SSSR count). The zero-order valence-corrected chi connectivity index (χ0v) is 19.2. The second-order valence-electron chi connectivity index (χ2n) is 7.96. The van der Waals surface area contributed by atoms with Crippen LogP contribution in [0.1, 0.15) is 54.8 Å². The number of carboxylic acid groups (broad SMARTS) is 1. The monoisotopic (exact) mass is 516 g/mol. The Morgan fingerprint density at radius 2 is 1.57 bits per heavy atom. The summed E-state index contributed by atoms with van der Waals surface area (Å²) >= 11 is 0. The van der Waals surface area contributed by atoms with E-state index in [1.165, 1.54) is 29.2 Å². The molecule has 3 aromatic rings. The third-order valence-electron chi connectivity index (χ3n) is 5.59. The first kappa shape index (κ1) is 25.4. The second kappa shape index (κ2) is 9.76. The molecule has 0 saturated carbocycles. The predicted molar refractivity (Wildman–Crippen MR) is 121 cm³/mol. The lowest BCUT2D eigenvalue weighted by Crippen LogP contribution is -2.28. The molecule has 2 amide bonds. The SMILES string of the molecule is CCOC(=O)n1nc(NC(=O)c2ccc(C(=O)O)cc2)c2c1CN(C(=O)c1ccc(C(F)(F)F)cc1)C2. The largest absolute Gasteiger partial charge is 0.478 e. The molecule has 2 heterocycles. The van der Waals surface area contributed by atoms with Gasteiger partial charge in [-0.25, -0.2) is 9.59 Å². The molecule has 0 aliphatic carbocycles. The lowest BCUT2D eigenvalue weighted by molar-refractivity contribution is -0.137. The van der Waals surface area contributed by atoms with Crippen molar-refractivity contribution < 1.29 is 42.2 Å². The maximum absolute atomic E-state index is 13.0. The highest BCUT2D eigenvalue weighted by atomic mass is 19.4. The third kappa shape index (κ3) is 5.15. The fraction of sp³-hybridized carbons (Fsp3) is 0.208. The number of nitrogens with zero attached hydrogens (tertiary/aromatic N) is 3. The van der Waals surface area contributed by atoms with Crippen LogP contribution in [0, 0.1) is 0 Å². The van der Waals surface area contributed by atoms with Gasteiger partial charge in [0.2, 0.25) is 0 Å². The van der Waals surface area contributed by atoms with Crippen LogP contribution in [-0.4, -0.2) is 50.3 Å². The number of carboxylic acids is 1. The summed E-state index contributed by atoms with van der Waals surface area (Å²) in [5.74, 6) is -2.39. The first-order valence-corrected chi connectivity index (χ1v) is 10.9. The average Bonchev–Trinajstić information content (AvgIpc) is 3.44. The van der Waals surface area contributed by atoms with Gasteiger partial charge in [0.15, 0.2) is 5.82 Å². The fourth-order valence-electron chi connectivity index (χ4n) is 3.75. The quantitative estimate of drug-likeness (QED) is 0.524. The number of hydrogen-bond acceptors (Lipinski definition) is 6. The van der Waals surface area contributed by atoms with E-state index in [-0.39, 0.29) is 47.9 Å². The number of hydrogen-bond donors (Lipinski definition) is 2. The van der Waals surface area contributed by atoms with Crippen LogP contribution in [0.2, 0.25) is 0 Å². The number of fused-ring (bicyclic) bond motifs is 1. The molecular formula is C24H19F3N4O6. The van der Waals surface area contributed by atoms with Crippen LogP contribution in [0.15, 0.2) is 48.5 Å². The van der Waals surface area contributed by atoms with E-state index < -0.39 is 35.6 Å². The minimum absolute atomic E-state index is 0.0119. The Balaban J connectivity index is 1.59. The van der Waals surface area contributed by atoms with E-state index in [1.54, 1.807) is 6.92 Å². The lowest BCUT2D eigenvalue weighted by atomic mass is 10.1. The molecule has 0 atom stereocenters. The van der Waals surface area contributed by atoms with Gasteiger partial charge >= 0.3 is 18.2 Å². The molecule has 1 aliphatic heterocycles. The molecule has 13 heteroatoms. The Hall–Kier alpha value is -4.68.